The van der Waals surface area contributed by atoms with Crippen LogP contribution in [0.1, 0.15) is 17.3 Å². The summed E-state index contributed by atoms with van der Waals surface area (Å²) in [6, 6.07) is 3.04. The van der Waals surface area contributed by atoms with Crippen molar-refractivity contribution in [3.63, 3.8) is 0 Å². The van der Waals surface area contributed by atoms with Gasteiger partial charge in [0.15, 0.2) is 0 Å². The molecular weight excluding hydrogens is 300 g/mol. The number of hydrogen-bond acceptors (Lipinski definition) is 5. The Balaban J connectivity index is 1.95. The molecule has 2 amide bonds. The third-order valence-corrected chi connectivity index (χ3v) is 4.69. The fourth-order valence-electron chi connectivity index (χ4n) is 1.84. The van der Waals surface area contributed by atoms with Crippen LogP contribution >= 0.6 is 23.1 Å². The van der Waals surface area contributed by atoms with Gasteiger partial charge in [0, 0.05) is 4.88 Å². The Kier molecular flexibility index (Phi) is 5.02. The molecule has 1 fully saturated rings. The lowest BCUT2D eigenvalue weighted by Gasteiger charge is -2.19. The largest absolute Gasteiger partial charge is 0.481 e. The zero-order chi connectivity index (χ0) is 14.5. The minimum atomic E-state index is -0.975. The predicted octanol–water partition coefficient (Wildman–Crippen LogP) is 0.913. The van der Waals surface area contributed by atoms with Crippen LogP contribution in [0.2, 0.25) is 0 Å². The first kappa shape index (κ1) is 14.9. The van der Waals surface area contributed by atoms with Gasteiger partial charge in [-0.25, -0.2) is 0 Å². The van der Waals surface area contributed by atoms with Crippen LogP contribution in [0.3, 0.4) is 0 Å². The number of carbonyl (C=O) groups excluding carboxylic acids is 2. The van der Waals surface area contributed by atoms with Crippen LogP contribution in [0.15, 0.2) is 17.5 Å². The summed E-state index contributed by atoms with van der Waals surface area (Å²) in [6.07, 6.45) is -0.172. The van der Waals surface area contributed by atoms with Gasteiger partial charge < -0.3 is 15.3 Å². The lowest BCUT2D eigenvalue weighted by Crippen LogP contribution is -2.40. The lowest BCUT2D eigenvalue weighted by atomic mass is 10.1. The summed E-state index contributed by atoms with van der Waals surface area (Å²) < 4.78 is 0. The van der Waals surface area contributed by atoms with Crippen molar-refractivity contribution in [3.8, 4) is 0 Å². The highest BCUT2D eigenvalue weighted by atomic mass is 32.2. The number of carbonyl (C=O) groups is 3. The van der Waals surface area contributed by atoms with Gasteiger partial charge in [-0.1, -0.05) is 6.07 Å². The Morgan fingerprint density at radius 1 is 1.50 bits per heavy atom. The number of thiophene rings is 1. The number of carboxylic acids is 1. The standard InChI is InChI=1S/C12H14N2O4S2/c15-10(5-14-7-19-6-11(14)16)13-8(4-12(17)18)9-2-1-3-20-9/h1-3,8H,4-7H2,(H,13,15)(H,17,18)/t8-/m1/s1. The van der Waals surface area contributed by atoms with Gasteiger partial charge >= 0.3 is 5.97 Å². The smallest absolute Gasteiger partial charge is 0.305 e. The van der Waals surface area contributed by atoms with Crippen molar-refractivity contribution in [3.05, 3.63) is 22.4 Å². The molecule has 0 unspecified atom stereocenters. The van der Waals surface area contributed by atoms with Gasteiger partial charge in [0.2, 0.25) is 11.8 Å². The van der Waals surface area contributed by atoms with Crippen molar-refractivity contribution in [2.75, 3.05) is 18.2 Å². The minimum Gasteiger partial charge on any atom is -0.481 e. The Labute approximate surface area is 124 Å². The van der Waals surface area contributed by atoms with E-state index in [1.54, 1.807) is 6.07 Å². The second kappa shape index (κ2) is 6.76. The highest BCUT2D eigenvalue weighted by Gasteiger charge is 2.25. The summed E-state index contributed by atoms with van der Waals surface area (Å²) in [5.41, 5.74) is 0. The molecule has 2 rings (SSSR count). The molecule has 0 saturated carbocycles. The Morgan fingerprint density at radius 2 is 2.30 bits per heavy atom. The number of thioether (sulfide) groups is 1. The molecule has 0 aliphatic carbocycles. The molecule has 6 nitrogen and oxygen atoms in total. The summed E-state index contributed by atoms with van der Waals surface area (Å²) in [6.45, 7) is -0.0205. The van der Waals surface area contributed by atoms with E-state index in [0.717, 1.165) is 4.88 Å². The molecule has 8 heteroatoms. The van der Waals surface area contributed by atoms with Gasteiger partial charge in [-0.2, -0.15) is 0 Å². The third-order valence-electron chi connectivity index (χ3n) is 2.76. The number of nitrogens with one attached hydrogen (secondary N) is 1. The first-order valence-electron chi connectivity index (χ1n) is 5.96. The van der Waals surface area contributed by atoms with Gasteiger partial charge in [-0.3, -0.25) is 14.4 Å². The summed E-state index contributed by atoms with van der Waals surface area (Å²) in [5.74, 6) is -0.459. The van der Waals surface area contributed by atoms with E-state index >= 15 is 0 Å². The second-order valence-corrected chi connectivity index (χ2v) is 6.24. The SMILES string of the molecule is O=C(O)C[C@@H](NC(=O)CN1CSCC1=O)c1cccs1. The van der Waals surface area contributed by atoms with E-state index in [1.807, 2.05) is 11.4 Å². The first-order valence-corrected chi connectivity index (χ1v) is 8.00. The molecule has 0 aromatic carbocycles. The summed E-state index contributed by atoms with van der Waals surface area (Å²) in [4.78, 5) is 36.5. The summed E-state index contributed by atoms with van der Waals surface area (Å²) in [5, 5.41) is 13.4. The van der Waals surface area contributed by atoms with Crippen molar-refractivity contribution in [2.24, 2.45) is 0 Å². The van der Waals surface area contributed by atoms with E-state index in [1.165, 1.54) is 28.0 Å². The number of amides is 2. The molecule has 2 N–H and O–H groups in total. The summed E-state index contributed by atoms with van der Waals surface area (Å²) >= 11 is 2.86. The molecule has 1 aliphatic heterocycles. The molecule has 0 radical (unpaired) electrons. The number of rotatable bonds is 6. The molecule has 20 heavy (non-hydrogen) atoms. The molecule has 1 aromatic heterocycles. The Hall–Kier alpha value is -1.54. The van der Waals surface area contributed by atoms with E-state index in [0.29, 0.717) is 11.6 Å². The first-order chi connectivity index (χ1) is 9.56. The fraction of sp³-hybridized carbons (Fsp3) is 0.417. The van der Waals surface area contributed by atoms with Crippen LogP contribution in [-0.2, 0) is 14.4 Å². The Morgan fingerprint density at radius 3 is 2.85 bits per heavy atom. The maximum atomic E-state index is 11.9. The molecule has 1 aromatic rings. The molecule has 1 aliphatic rings. The molecule has 1 saturated heterocycles. The maximum Gasteiger partial charge on any atom is 0.305 e. The summed E-state index contributed by atoms with van der Waals surface area (Å²) in [7, 11) is 0. The van der Waals surface area contributed by atoms with Crippen LogP contribution in [0.25, 0.3) is 0 Å². The zero-order valence-corrected chi connectivity index (χ0v) is 12.2. The van der Waals surface area contributed by atoms with E-state index in [4.69, 9.17) is 5.11 Å². The zero-order valence-electron chi connectivity index (χ0n) is 10.6. The minimum absolute atomic E-state index is 0.0205. The van der Waals surface area contributed by atoms with Gasteiger partial charge in [0.25, 0.3) is 0 Å². The van der Waals surface area contributed by atoms with Crippen molar-refractivity contribution in [1.29, 1.82) is 0 Å². The van der Waals surface area contributed by atoms with Gasteiger partial charge in [-0.05, 0) is 11.4 Å². The van der Waals surface area contributed by atoms with Crippen molar-refractivity contribution >= 4 is 40.9 Å². The van der Waals surface area contributed by atoms with Crippen LogP contribution < -0.4 is 5.32 Å². The number of nitrogens with zero attached hydrogens (tertiary/aromatic N) is 1. The van der Waals surface area contributed by atoms with Gasteiger partial charge in [-0.15, -0.1) is 23.1 Å². The molecule has 0 bridgehead atoms. The average Bonchev–Trinajstić information content (AvgIpc) is 3.00. The lowest BCUT2D eigenvalue weighted by molar-refractivity contribution is -0.138. The van der Waals surface area contributed by atoms with E-state index in [9.17, 15) is 14.4 Å². The average molecular weight is 314 g/mol. The number of hydrogen-bond donors (Lipinski definition) is 2. The van der Waals surface area contributed by atoms with Crippen LogP contribution in [-0.4, -0.2) is 46.0 Å². The molecule has 1 atom stereocenters. The normalized spacial score (nSPS) is 16.2. The van der Waals surface area contributed by atoms with Gasteiger partial charge in [0.1, 0.15) is 6.54 Å². The fourth-order valence-corrected chi connectivity index (χ4v) is 3.52. The van der Waals surface area contributed by atoms with E-state index < -0.39 is 12.0 Å². The van der Waals surface area contributed by atoms with Crippen molar-refractivity contribution in [2.45, 2.75) is 12.5 Å². The van der Waals surface area contributed by atoms with Crippen LogP contribution in [0.5, 0.6) is 0 Å². The van der Waals surface area contributed by atoms with Crippen molar-refractivity contribution in [1.82, 2.24) is 10.2 Å². The molecule has 108 valence electrons. The highest BCUT2D eigenvalue weighted by Crippen LogP contribution is 2.22. The van der Waals surface area contributed by atoms with E-state index in [-0.39, 0.29) is 24.8 Å². The second-order valence-electron chi connectivity index (χ2n) is 4.30. The molecule has 2 heterocycles. The van der Waals surface area contributed by atoms with E-state index in [2.05, 4.69) is 5.32 Å². The predicted molar refractivity (Wildman–Crippen MR) is 76.5 cm³/mol. The van der Waals surface area contributed by atoms with Crippen LogP contribution in [0.4, 0.5) is 0 Å². The van der Waals surface area contributed by atoms with Crippen molar-refractivity contribution < 1.29 is 19.5 Å². The van der Waals surface area contributed by atoms with Gasteiger partial charge in [0.05, 0.1) is 24.1 Å². The number of carboxylic acid groups (broad SMARTS) is 1. The Bertz CT molecular complexity index is 504. The van der Waals surface area contributed by atoms with Crippen LogP contribution in [0, 0.1) is 0 Å². The monoisotopic (exact) mass is 314 g/mol. The molecule has 0 spiro atoms. The highest BCUT2D eigenvalue weighted by molar-refractivity contribution is 8.00. The maximum absolute atomic E-state index is 11.9. The topological polar surface area (TPSA) is 86.7 Å². The quantitative estimate of drug-likeness (QED) is 0.815. The third kappa shape index (κ3) is 3.97. The molecular formula is C12H14N2O4S2. The number of aliphatic carboxylic acids is 1.